The van der Waals surface area contributed by atoms with Crippen LogP contribution in [0, 0.1) is 5.92 Å². The van der Waals surface area contributed by atoms with E-state index in [1.165, 1.54) is 45.8 Å². The summed E-state index contributed by atoms with van der Waals surface area (Å²) in [4.78, 5) is 21.3. The average molecular weight is 315 g/mol. The predicted molar refractivity (Wildman–Crippen MR) is 88.6 cm³/mol. The van der Waals surface area contributed by atoms with Crippen molar-refractivity contribution in [2.75, 3.05) is 31.6 Å². The third-order valence-electron chi connectivity index (χ3n) is 5.67. The molecule has 2 unspecified atom stereocenters. The number of fused-ring (bicyclic) bond motifs is 1. The lowest BCUT2D eigenvalue weighted by Crippen LogP contribution is -2.55. The predicted octanol–water partition coefficient (Wildman–Crippen LogP) is 2.32. The van der Waals surface area contributed by atoms with Gasteiger partial charge in [-0.3, -0.25) is 9.88 Å². The van der Waals surface area contributed by atoms with Crippen LogP contribution in [-0.4, -0.2) is 54.7 Å². The van der Waals surface area contributed by atoms with Crippen molar-refractivity contribution < 1.29 is 9.53 Å². The minimum atomic E-state index is -0.293. The Morgan fingerprint density at radius 1 is 1.26 bits per heavy atom. The maximum atomic E-state index is 12.0. The zero-order valence-electron chi connectivity index (χ0n) is 13.8. The van der Waals surface area contributed by atoms with Crippen molar-refractivity contribution >= 4 is 11.7 Å². The molecule has 1 aliphatic carbocycles. The van der Waals surface area contributed by atoms with Crippen LogP contribution in [0.15, 0.2) is 18.5 Å². The molecule has 2 atom stereocenters. The molecule has 2 saturated heterocycles. The van der Waals surface area contributed by atoms with E-state index in [0.717, 1.165) is 36.8 Å². The lowest BCUT2D eigenvalue weighted by Gasteiger charge is -2.48. The molecule has 0 bridgehead atoms. The van der Waals surface area contributed by atoms with E-state index in [9.17, 15) is 4.79 Å². The zero-order valence-corrected chi connectivity index (χ0v) is 13.8. The molecule has 3 heterocycles. The first-order valence-corrected chi connectivity index (χ1v) is 8.81. The van der Waals surface area contributed by atoms with Gasteiger partial charge in [0, 0.05) is 37.6 Å². The lowest BCUT2D eigenvalue weighted by molar-refractivity contribution is 0.0598. The SMILES string of the molecule is COC(=O)c1cnccc1N1CCC2C(CCCN2C2CC2)C1. The van der Waals surface area contributed by atoms with Gasteiger partial charge in [0.25, 0.3) is 0 Å². The van der Waals surface area contributed by atoms with Crippen molar-refractivity contribution in [2.45, 2.75) is 44.2 Å². The summed E-state index contributed by atoms with van der Waals surface area (Å²) in [5, 5.41) is 0. The standard InChI is InChI=1S/C18H25N3O2/c1-23-18(22)15-11-19-8-6-17(15)20-10-7-16-13(12-20)3-2-9-21(16)14-4-5-14/h6,8,11,13-14,16H,2-5,7,9-10,12H2,1H3. The number of piperidine rings is 2. The summed E-state index contributed by atoms with van der Waals surface area (Å²) < 4.78 is 4.92. The molecule has 0 aromatic carbocycles. The van der Waals surface area contributed by atoms with Gasteiger partial charge < -0.3 is 9.64 Å². The highest BCUT2D eigenvalue weighted by Gasteiger charge is 2.42. The first-order valence-electron chi connectivity index (χ1n) is 8.81. The van der Waals surface area contributed by atoms with Gasteiger partial charge in [0.1, 0.15) is 5.56 Å². The Balaban J connectivity index is 1.53. The molecule has 124 valence electrons. The second-order valence-electron chi connectivity index (χ2n) is 7.06. The second-order valence-corrected chi connectivity index (χ2v) is 7.06. The molecule has 5 heteroatoms. The van der Waals surface area contributed by atoms with Crippen molar-refractivity contribution in [3.63, 3.8) is 0 Å². The van der Waals surface area contributed by atoms with Gasteiger partial charge in [0.2, 0.25) is 0 Å². The van der Waals surface area contributed by atoms with Crippen LogP contribution in [0.1, 0.15) is 42.5 Å². The number of anilines is 1. The van der Waals surface area contributed by atoms with Crippen LogP contribution in [0.2, 0.25) is 0 Å². The highest BCUT2D eigenvalue weighted by atomic mass is 16.5. The van der Waals surface area contributed by atoms with E-state index in [2.05, 4.69) is 14.8 Å². The number of likely N-dealkylation sites (tertiary alicyclic amines) is 1. The Morgan fingerprint density at radius 2 is 2.13 bits per heavy atom. The molecule has 3 aliphatic rings. The number of rotatable bonds is 3. The summed E-state index contributed by atoms with van der Waals surface area (Å²) >= 11 is 0. The summed E-state index contributed by atoms with van der Waals surface area (Å²) in [7, 11) is 1.43. The Morgan fingerprint density at radius 3 is 2.91 bits per heavy atom. The molecule has 5 nitrogen and oxygen atoms in total. The zero-order chi connectivity index (χ0) is 15.8. The number of hydrogen-bond donors (Lipinski definition) is 0. The number of ether oxygens (including phenoxy) is 1. The summed E-state index contributed by atoms with van der Waals surface area (Å²) in [6.45, 7) is 3.34. The van der Waals surface area contributed by atoms with Crippen molar-refractivity contribution in [3.05, 3.63) is 24.0 Å². The number of methoxy groups -OCH3 is 1. The fourth-order valence-electron chi connectivity index (χ4n) is 4.45. The van der Waals surface area contributed by atoms with E-state index >= 15 is 0 Å². The van der Waals surface area contributed by atoms with Crippen LogP contribution in [0.25, 0.3) is 0 Å². The van der Waals surface area contributed by atoms with Crippen LogP contribution in [0.3, 0.4) is 0 Å². The number of esters is 1. The van der Waals surface area contributed by atoms with Crippen LogP contribution in [0.5, 0.6) is 0 Å². The second kappa shape index (κ2) is 6.11. The van der Waals surface area contributed by atoms with E-state index < -0.39 is 0 Å². The van der Waals surface area contributed by atoms with E-state index in [1.807, 2.05) is 6.07 Å². The number of carbonyl (C=O) groups excluding carboxylic acids is 1. The number of carbonyl (C=O) groups is 1. The van der Waals surface area contributed by atoms with Gasteiger partial charge in [-0.15, -0.1) is 0 Å². The quantitative estimate of drug-likeness (QED) is 0.801. The normalized spacial score (nSPS) is 28.3. The van der Waals surface area contributed by atoms with E-state index in [1.54, 1.807) is 12.4 Å². The van der Waals surface area contributed by atoms with Gasteiger partial charge in [-0.25, -0.2) is 4.79 Å². The first kappa shape index (κ1) is 14.9. The Hall–Kier alpha value is -1.62. The van der Waals surface area contributed by atoms with Gasteiger partial charge in [0.05, 0.1) is 12.8 Å². The van der Waals surface area contributed by atoms with Crippen LogP contribution >= 0.6 is 0 Å². The number of pyridine rings is 1. The van der Waals surface area contributed by atoms with Gasteiger partial charge in [-0.1, -0.05) is 0 Å². The molecular weight excluding hydrogens is 290 g/mol. The molecule has 2 aliphatic heterocycles. The van der Waals surface area contributed by atoms with Gasteiger partial charge in [-0.2, -0.15) is 0 Å². The van der Waals surface area contributed by atoms with Crippen LogP contribution < -0.4 is 4.90 Å². The molecule has 0 amide bonds. The molecule has 23 heavy (non-hydrogen) atoms. The van der Waals surface area contributed by atoms with Crippen molar-refractivity contribution in [3.8, 4) is 0 Å². The minimum absolute atomic E-state index is 0.293. The molecule has 1 aromatic rings. The minimum Gasteiger partial charge on any atom is -0.465 e. The molecular formula is C18H25N3O2. The Labute approximate surface area is 137 Å². The van der Waals surface area contributed by atoms with E-state index in [0.29, 0.717) is 5.56 Å². The van der Waals surface area contributed by atoms with Gasteiger partial charge in [-0.05, 0) is 50.6 Å². The fourth-order valence-corrected chi connectivity index (χ4v) is 4.45. The van der Waals surface area contributed by atoms with Crippen molar-refractivity contribution in [2.24, 2.45) is 5.92 Å². The molecule has 1 saturated carbocycles. The highest BCUT2D eigenvalue weighted by Crippen LogP contribution is 2.39. The van der Waals surface area contributed by atoms with Crippen molar-refractivity contribution in [1.29, 1.82) is 0 Å². The molecule has 0 N–H and O–H groups in total. The molecule has 0 spiro atoms. The van der Waals surface area contributed by atoms with Crippen LogP contribution in [-0.2, 0) is 4.74 Å². The summed E-state index contributed by atoms with van der Waals surface area (Å²) in [5.41, 5.74) is 1.57. The topological polar surface area (TPSA) is 45.7 Å². The maximum Gasteiger partial charge on any atom is 0.341 e. The lowest BCUT2D eigenvalue weighted by atomic mass is 9.83. The molecule has 0 radical (unpaired) electrons. The molecule has 4 rings (SSSR count). The van der Waals surface area contributed by atoms with Crippen molar-refractivity contribution in [1.82, 2.24) is 9.88 Å². The van der Waals surface area contributed by atoms with E-state index in [4.69, 9.17) is 4.74 Å². The van der Waals surface area contributed by atoms with E-state index in [-0.39, 0.29) is 5.97 Å². The molecule has 1 aromatic heterocycles. The fraction of sp³-hybridized carbons (Fsp3) is 0.667. The number of hydrogen-bond acceptors (Lipinski definition) is 5. The number of nitrogens with zero attached hydrogens (tertiary/aromatic N) is 3. The summed E-state index contributed by atoms with van der Waals surface area (Å²) in [6.07, 6.45) is 10.0. The maximum absolute atomic E-state index is 12.0. The number of aromatic nitrogens is 1. The first-order chi connectivity index (χ1) is 11.3. The van der Waals surface area contributed by atoms with Gasteiger partial charge in [0.15, 0.2) is 0 Å². The third kappa shape index (κ3) is 2.82. The highest BCUT2D eigenvalue weighted by molar-refractivity contribution is 5.95. The average Bonchev–Trinajstić information content (AvgIpc) is 3.45. The smallest absolute Gasteiger partial charge is 0.341 e. The Kier molecular flexibility index (Phi) is 3.97. The summed E-state index contributed by atoms with van der Waals surface area (Å²) in [5.74, 6) is 0.426. The largest absolute Gasteiger partial charge is 0.465 e. The summed E-state index contributed by atoms with van der Waals surface area (Å²) in [6, 6.07) is 3.56. The van der Waals surface area contributed by atoms with Crippen LogP contribution in [0.4, 0.5) is 5.69 Å². The van der Waals surface area contributed by atoms with Gasteiger partial charge >= 0.3 is 5.97 Å². The Bertz CT molecular complexity index is 587. The molecule has 3 fully saturated rings. The third-order valence-corrected chi connectivity index (χ3v) is 5.67. The monoisotopic (exact) mass is 315 g/mol.